The van der Waals surface area contributed by atoms with Gasteiger partial charge in [0.1, 0.15) is 5.56 Å². The smallest absolute Gasteiger partial charge is 0.443 e. The SMILES string of the molecule is Cc1c([N+](=O)[O-])cc([N+](=O)[O-])c(O)c1[N+]#N. The normalized spacial score (nSPS) is 9.50. The molecule has 0 fully saturated rings. The first-order valence-electron chi connectivity index (χ1n) is 3.90. The molecule has 0 heterocycles. The molecule has 9 nitrogen and oxygen atoms in total. The third-order valence-corrected chi connectivity index (χ3v) is 1.97. The molecule has 16 heavy (non-hydrogen) atoms. The maximum absolute atomic E-state index is 10.6. The topological polar surface area (TPSA) is 135 Å². The summed E-state index contributed by atoms with van der Waals surface area (Å²) in [5, 5.41) is 38.9. The third kappa shape index (κ3) is 1.59. The number of rotatable bonds is 2. The van der Waals surface area contributed by atoms with Crippen molar-refractivity contribution in [2.24, 2.45) is 0 Å². The fraction of sp³-hybridized carbons (Fsp3) is 0.143. The highest BCUT2D eigenvalue weighted by molar-refractivity contribution is 5.75. The van der Waals surface area contributed by atoms with Gasteiger partial charge in [-0.15, -0.1) is 0 Å². The number of phenolic OH excluding ortho intramolecular Hbond substituents is 1. The lowest BCUT2D eigenvalue weighted by atomic mass is 10.1. The van der Waals surface area contributed by atoms with Gasteiger partial charge in [0, 0.05) is 0 Å². The lowest BCUT2D eigenvalue weighted by molar-refractivity contribution is -0.395. The molecule has 0 saturated heterocycles. The number of benzene rings is 1. The molecule has 0 unspecified atom stereocenters. The first kappa shape index (κ1) is 11.3. The number of nitro benzene ring substituents is 2. The van der Waals surface area contributed by atoms with Gasteiger partial charge in [0.2, 0.25) is 5.39 Å². The van der Waals surface area contributed by atoms with Gasteiger partial charge < -0.3 is 5.11 Å². The number of hydrogen-bond donors (Lipinski definition) is 1. The quantitative estimate of drug-likeness (QED) is 0.464. The van der Waals surface area contributed by atoms with E-state index in [0.717, 1.165) is 0 Å². The molecule has 1 rings (SSSR count). The van der Waals surface area contributed by atoms with E-state index in [1.807, 2.05) is 0 Å². The van der Waals surface area contributed by atoms with Crippen molar-refractivity contribution in [1.29, 1.82) is 5.39 Å². The Morgan fingerprint density at radius 2 is 1.81 bits per heavy atom. The molecule has 9 heteroatoms. The Morgan fingerprint density at radius 1 is 1.31 bits per heavy atom. The second-order valence-electron chi connectivity index (χ2n) is 2.85. The molecule has 0 aliphatic heterocycles. The summed E-state index contributed by atoms with van der Waals surface area (Å²) in [4.78, 5) is 21.8. The summed E-state index contributed by atoms with van der Waals surface area (Å²) in [6.45, 7) is 1.20. The molecule has 0 saturated carbocycles. The van der Waals surface area contributed by atoms with Gasteiger partial charge in [0.25, 0.3) is 11.4 Å². The highest BCUT2D eigenvalue weighted by atomic mass is 16.6. The molecule has 0 atom stereocenters. The van der Waals surface area contributed by atoms with Crippen LogP contribution in [0.15, 0.2) is 6.07 Å². The minimum Gasteiger partial charge on any atom is -0.496 e. The van der Waals surface area contributed by atoms with Crippen LogP contribution in [0.3, 0.4) is 0 Å². The van der Waals surface area contributed by atoms with Gasteiger partial charge >= 0.3 is 11.4 Å². The van der Waals surface area contributed by atoms with Gasteiger partial charge in [-0.05, 0) is 6.92 Å². The Morgan fingerprint density at radius 3 is 2.19 bits per heavy atom. The molecule has 0 aromatic heterocycles. The van der Waals surface area contributed by atoms with Gasteiger partial charge in [0.15, 0.2) is 4.98 Å². The predicted molar refractivity (Wildman–Crippen MR) is 50.9 cm³/mol. The number of diazo groups is 1. The maximum atomic E-state index is 10.6. The molecule has 0 aliphatic carbocycles. The summed E-state index contributed by atoms with van der Waals surface area (Å²) in [7, 11) is 0. The van der Waals surface area contributed by atoms with E-state index in [4.69, 9.17) is 5.39 Å². The zero-order valence-corrected chi connectivity index (χ0v) is 7.95. The molecular weight excluding hydrogens is 220 g/mol. The molecule has 0 bridgehead atoms. The van der Waals surface area contributed by atoms with E-state index in [0.29, 0.717) is 6.07 Å². The van der Waals surface area contributed by atoms with Crippen LogP contribution in [-0.4, -0.2) is 15.0 Å². The second kappa shape index (κ2) is 3.77. The first-order chi connectivity index (χ1) is 7.40. The van der Waals surface area contributed by atoms with E-state index in [1.165, 1.54) is 6.92 Å². The second-order valence-corrected chi connectivity index (χ2v) is 2.85. The minimum atomic E-state index is -1.00. The molecule has 1 aromatic rings. The standard InChI is InChI=1S/C7H4N4O5/c1-3-4(10(13)14)2-5(11(15)16)7(12)6(3)9-8/h2H,1H3/p+1. The van der Waals surface area contributed by atoms with Gasteiger partial charge in [-0.2, -0.15) is 0 Å². The Bertz CT molecular complexity index is 494. The van der Waals surface area contributed by atoms with E-state index in [-0.39, 0.29) is 5.56 Å². The summed E-state index contributed by atoms with van der Waals surface area (Å²) in [6, 6.07) is 0.610. The van der Waals surface area contributed by atoms with Crippen molar-refractivity contribution in [3.63, 3.8) is 0 Å². The Balaban J connectivity index is 3.71. The number of nitro groups is 2. The van der Waals surface area contributed by atoms with E-state index < -0.39 is 32.7 Å². The lowest BCUT2D eigenvalue weighted by Crippen LogP contribution is -1.96. The third-order valence-electron chi connectivity index (χ3n) is 1.97. The summed E-state index contributed by atoms with van der Waals surface area (Å²) < 4.78 is 0. The first-order valence-corrected chi connectivity index (χ1v) is 3.90. The van der Waals surface area contributed by atoms with Crippen molar-refractivity contribution in [3.8, 4) is 5.75 Å². The van der Waals surface area contributed by atoms with Gasteiger partial charge in [-0.3, -0.25) is 20.2 Å². The van der Waals surface area contributed by atoms with Gasteiger partial charge in [-0.1, -0.05) is 0 Å². The molecule has 0 spiro atoms. The number of aromatic hydroxyl groups is 1. The van der Waals surface area contributed by atoms with Crippen LogP contribution in [0, 0.1) is 32.5 Å². The van der Waals surface area contributed by atoms with Crippen molar-refractivity contribution >= 4 is 17.1 Å². The monoisotopic (exact) mass is 225 g/mol. The average molecular weight is 225 g/mol. The van der Waals surface area contributed by atoms with Crippen LogP contribution in [0.2, 0.25) is 0 Å². The van der Waals surface area contributed by atoms with Crippen LogP contribution in [0.5, 0.6) is 5.75 Å². The number of nitrogens with zero attached hydrogens (tertiary/aromatic N) is 4. The minimum absolute atomic E-state index is 0.157. The highest BCUT2D eigenvalue weighted by Crippen LogP contribution is 2.43. The Hall–Kier alpha value is -2.76. The van der Waals surface area contributed by atoms with Crippen LogP contribution in [0.25, 0.3) is 4.98 Å². The van der Waals surface area contributed by atoms with Gasteiger partial charge in [-0.25, -0.2) is 0 Å². The summed E-state index contributed by atoms with van der Waals surface area (Å²) in [5.74, 6) is -0.907. The largest absolute Gasteiger partial charge is 0.496 e. The lowest BCUT2D eigenvalue weighted by Gasteiger charge is -1.96. The number of phenols is 1. The van der Waals surface area contributed by atoms with Crippen molar-refractivity contribution in [2.75, 3.05) is 0 Å². The fourth-order valence-electron chi connectivity index (χ4n) is 1.18. The van der Waals surface area contributed by atoms with E-state index in [1.54, 1.807) is 0 Å². The summed E-state index contributed by atoms with van der Waals surface area (Å²) >= 11 is 0. The van der Waals surface area contributed by atoms with Crippen molar-refractivity contribution in [2.45, 2.75) is 6.92 Å². The van der Waals surface area contributed by atoms with Crippen LogP contribution in [-0.2, 0) is 0 Å². The molecule has 0 aliphatic rings. The van der Waals surface area contributed by atoms with Crippen LogP contribution < -0.4 is 0 Å². The van der Waals surface area contributed by atoms with Crippen LogP contribution in [0.1, 0.15) is 5.56 Å². The number of hydrogen-bond acceptors (Lipinski definition) is 6. The molecule has 1 aromatic carbocycles. The molecule has 0 radical (unpaired) electrons. The molecule has 82 valence electrons. The summed E-state index contributed by atoms with van der Waals surface area (Å²) in [6.07, 6.45) is 0. The Kier molecular flexibility index (Phi) is 2.67. The Labute approximate surface area is 87.9 Å². The average Bonchev–Trinajstić information content (AvgIpc) is 2.17. The maximum Gasteiger partial charge on any atom is 0.443 e. The van der Waals surface area contributed by atoms with Crippen molar-refractivity contribution in [3.05, 3.63) is 36.8 Å². The van der Waals surface area contributed by atoms with Crippen molar-refractivity contribution < 1.29 is 15.0 Å². The predicted octanol–water partition coefficient (Wildman–Crippen LogP) is 2.00. The molecule has 0 amide bonds. The molecule has 1 N–H and O–H groups in total. The highest BCUT2D eigenvalue weighted by Gasteiger charge is 2.35. The van der Waals surface area contributed by atoms with E-state index in [9.17, 15) is 25.3 Å². The zero-order valence-electron chi connectivity index (χ0n) is 7.95. The zero-order chi connectivity index (χ0) is 12.5. The van der Waals surface area contributed by atoms with Crippen LogP contribution in [0.4, 0.5) is 17.1 Å². The summed E-state index contributed by atoms with van der Waals surface area (Å²) in [5.41, 5.74) is -2.22. The van der Waals surface area contributed by atoms with E-state index in [2.05, 4.69) is 4.98 Å². The van der Waals surface area contributed by atoms with Crippen molar-refractivity contribution in [1.82, 2.24) is 0 Å². The van der Waals surface area contributed by atoms with Gasteiger partial charge in [0.05, 0.1) is 15.9 Å². The van der Waals surface area contributed by atoms with E-state index >= 15 is 0 Å². The van der Waals surface area contributed by atoms with Crippen LogP contribution >= 0.6 is 0 Å². The molecular formula is C7H5N4O5+. The fourth-order valence-corrected chi connectivity index (χ4v) is 1.18.